The van der Waals surface area contributed by atoms with Gasteiger partial charge < -0.3 is 4.89 Å². The molecule has 0 heterocycles. The summed E-state index contributed by atoms with van der Waals surface area (Å²) in [6, 6.07) is 0. The highest BCUT2D eigenvalue weighted by atomic mass is 31.0. The lowest BCUT2D eigenvalue weighted by Crippen LogP contribution is -1.99. The first-order chi connectivity index (χ1) is 2.81. The molecule has 0 aliphatic heterocycles. The molecule has 0 rings (SSSR count). The van der Waals surface area contributed by atoms with Crippen molar-refractivity contribution in [2.75, 3.05) is 6.16 Å². The third kappa shape index (κ3) is 2.12. The first-order valence-corrected chi connectivity index (χ1v) is 2.17. The van der Waals surface area contributed by atoms with Crippen molar-refractivity contribution in [1.82, 2.24) is 0 Å². The van der Waals surface area contributed by atoms with Crippen molar-refractivity contribution in [3.63, 3.8) is 0 Å². The van der Waals surface area contributed by atoms with Gasteiger partial charge in [-0.05, 0) is 0 Å². The minimum absolute atomic E-state index is 0.135. The van der Waals surface area contributed by atoms with E-state index in [2.05, 4.69) is 14.1 Å². The van der Waals surface area contributed by atoms with Crippen LogP contribution in [0, 0.1) is 0 Å². The topological polar surface area (TPSA) is 46.5 Å². The Labute approximate surface area is 37.4 Å². The van der Waals surface area contributed by atoms with E-state index in [9.17, 15) is 4.79 Å². The molecule has 6 heavy (non-hydrogen) atoms. The molecular weight excluding hydrogens is 103 g/mol. The summed E-state index contributed by atoms with van der Waals surface area (Å²) >= 11 is 0. The first kappa shape index (κ1) is 5.86. The number of rotatable bonds is 1. The van der Waals surface area contributed by atoms with Gasteiger partial charge >= 0.3 is 5.97 Å². The molecule has 0 aliphatic rings. The van der Waals surface area contributed by atoms with Crippen LogP contribution in [-0.2, 0) is 9.68 Å². The SMILES string of the molecule is O=C(CP)OO. The predicted octanol–water partition coefficient (Wildman–Crippen LogP) is -0.122. The Bertz CT molecular complexity index is 46.8. The molecule has 0 aliphatic carbocycles. The minimum Gasteiger partial charge on any atom is -0.301 e. The van der Waals surface area contributed by atoms with Gasteiger partial charge in [-0.25, -0.2) is 4.79 Å². The molecule has 1 atom stereocenters. The van der Waals surface area contributed by atoms with Gasteiger partial charge in [-0.3, -0.25) is 0 Å². The van der Waals surface area contributed by atoms with Crippen molar-refractivity contribution in [1.29, 1.82) is 0 Å². The van der Waals surface area contributed by atoms with E-state index in [-0.39, 0.29) is 6.16 Å². The first-order valence-electron chi connectivity index (χ1n) is 1.35. The monoisotopic (exact) mass is 108 g/mol. The Morgan fingerprint density at radius 1 is 2.00 bits per heavy atom. The molecule has 0 spiro atoms. The molecular formula is C2H5O3P. The van der Waals surface area contributed by atoms with Crippen LogP contribution in [0.25, 0.3) is 0 Å². The second-order valence-electron chi connectivity index (χ2n) is 0.667. The van der Waals surface area contributed by atoms with Crippen LogP contribution in [0.5, 0.6) is 0 Å². The fourth-order valence-electron chi connectivity index (χ4n) is 0.0373. The summed E-state index contributed by atoms with van der Waals surface area (Å²) in [4.78, 5) is 12.9. The predicted molar refractivity (Wildman–Crippen MR) is 23.3 cm³/mol. The van der Waals surface area contributed by atoms with Gasteiger partial charge in [-0.2, -0.15) is 5.26 Å². The molecule has 0 fully saturated rings. The van der Waals surface area contributed by atoms with E-state index in [4.69, 9.17) is 5.26 Å². The molecule has 1 unspecified atom stereocenters. The maximum atomic E-state index is 9.69. The number of carbonyl (C=O) groups excluding carboxylic acids is 1. The number of carbonyl (C=O) groups is 1. The Balaban J connectivity index is 2.99. The number of hydrogen-bond donors (Lipinski definition) is 1. The molecule has 1 N–H and O–H groups in total. The molecule has 36 valence electrons. The Morgan fingerprint density at radius 2 is 2.50 bits per heavy atom. The van der Waals surface area contributed by atoms with Crippen molar-refractivity contribution in [3.8, 4) is 0 Å². The van der Waals surface area contributed by atoms with E-state index in [1.165, 1.54) is 0 Å². The summed E-state index contributed by atoms with van der Waals surface area (Å²) in [7, 11) is 2.10. The van der Waals surface area contributed by atoms with E-state index in [0.717, 1.165) is 0 Å². The molecule has 0 saturated heterocycles. The smallest absolute Gasteiger partial charge is 0.301 e. The van der Waals surface area contributed by atoms with Gasteiger partial charge in [0.2, 0.25) is 0 Å². The highest BCUT2D eigenvalue weighted by Gasteiger charge is 1.90. The fraction of sp³-hybridized carbons (Fsp3) is 0.500. The molecule has 0 saturated carbocycles. The molecule has 4 heteroatoms. The quantitative estimate of drug-likeness (QED) is 0.289. The van der Waals surface area contributed by atoms with Crippen molar-refractivity contribution in [2.24, 2.45) is 0 Å². The number of hydrogen-bond acceptors (Lipinski definition) is 3. The second-order valence-corrected chi connectivity index (χ2v) is 1.08. The molecule has 0 amide bonds. The lowest BCUT2D eigenvalue weighted by atomic mass is 10.8. The molecule has 0 aromatic rings. The summed E-state index contributed by atoms with van der Waals surface area (Å²) in [6.45, 7) is 0. The highest BCUT2D eigenvalue weighted by molar-refractivity contribution is 7.18. The summed E-state index contributed by atoms with van der Waals surface area (Å²) in [6.07, 6.45) is 0.135. The molecule has 0 bridgehead atoms. The summed E-state index contributed by atoms with van der Waals surface area (Å²) in [5.74, 6) is -0.639. The average molecular weight is 108 g/mol. The van der Waals surface area contributed by atoms with E-state index < -0.39 is 5.97 Å². The molecule has 0 aromatic heterocycles. The van der Waals surface area contributed by atoms with Crippen LogP contribution in [-0.4, -0.2) is 17.4 Å². The lowest BCUT2D eigenvalue weighted by Gasteiger charge is -1.83. The van der Waals surface area contributed by atoms with Gasteiger partial charge in [0.25, 0.3) is 0 Å². The average Bonchev–Trinajstić information content (AvgIpc) is 1.65. The highest BCUT2D eigenvalue weighted by Crippen LogP contribution is 1.79. The zero-order chi connectivity index (χ0) is 4.99. The van der Waals surface area contributed by atoms with Crippen LogP contribution >= 0.6 is 9.24 Å². The van der Waals surface area contributed by atoms with Crippen molar-refractivity contribution < 1.29 is 14.9 Å². The Hall–Kier alpha value is -0.140. The van der Waals surface area contributed by atoms with E-state index in [1.807, 2.05) is 0 Å². The van der Waals surface area contributed by atoms with Crippen LogP contribution in [0.1, 0.15) is 0 Å². The van der Waals surface area contributed by atoms with Crippen LogP contribution in [0.3, 0.4) is 0 Å². The minimum atomic E-state index is -0.639. The van der Waals surface area contributed by atoms with E-state index in [1.54, 1.807) is 0 Å². The van der Waals surface area contributed by atoms with Gasteiger partial charge in [0.1, 0.15) is 0 Å². The summed E-state index contributed by atoms with van der Waals surface area (Å²) in [5.41, 5.74) is 0. The van der Waals surface area contributed by atoms with Gasteiger partial charge in [0, 0.05) is 0 Å². The maximum Gasteiger partial charge on any atom is 0.345 e. The van der Waals surface area contributed by atoms with Crippen molar-refractivity contribution >= 4 is 15.2 Å². The normalized spacial score (nSPS) is 7.67. The summed E-state index contributed by atoms with van der Waals surface area (Å²) < 4.78 is 0. The van der Waals surface area contributed by atoms with Gasteiger partial charge in [-0.15, -0.1) is 9.24 Å². The van der Waals surface area contributed by atoms with Crippen LogP contribution in [0.4, 0.5) is 0 Å². The van der Waals surface area contributed by atoms with Crippen molar-refractivity contribution in [2.45, 2.75) is 0 Å². The Kier molecular flexibility index (Phi) is 2.99. The van der Waals surface area contributed by atoms with Gasteiger partial charge in [-0.1, -0.05) is 0 Å². The van der Waals surface area contributed by atoms with Crippen LogP contribution in [0.2, 0.25) is 0 Å². The van der Waals surface area contributed by atoms with Crippen LogP contribution in [0.15, 0.2) is 0 Å². The van der Waals surface area contributed by atoms with Gasteiger partial charge in [0.15, 0.2) is 0 Å². The third-order valence-electron chi connectivity index (χ3n) is 0.268. The van der Waals surface area contributed by atoms with E-state index >= 15 is 0 Å². The molecule has 0 aromatic carbocycles. The maximum absolute atomic E-state index is 9.69. The Morgan fingerprint density at radius 3 is 2.50 bits per heavy atom. The summed E-state index contributed by atoms with van der Waals surface area (Å²) in [5, 5.41) is 7.47. The zero-order valence-corrected chi connectivity index (χ0v) is 4.20. The third-order valence-corrected chi connectivity index (χ3v) is 0.602. The molecule has 3 nitrogen and oxygen atoms in total. The van der Waals surface area contributed by atoms with Crippen molar-refractivity contribution in [3.05, 3.63) is 0 Å². The largest absolute Gasteiger partial charge is 0.345 e. The lowest BCUT2D eigenvalue weighted by molar-refractivity contribution is -0.231. The standard InChI is InChI=1S/C2H5O3P/c3-2(1-6)5-4/h4H,1,6H2. The fourth-order valence-corrected chi connectivity index (χ4v) is 0.112. The second kappa shape index (κ2) is 3.07. The molecule has 0 radical (unpaired) electrons. The zero-order valence-electron chi connectivity index (χ0n) is 3.05. The van der Waals surface area contributed by atoms with Gasteiger partial charge in [0.05, 0.1) is 6.16 Å². The van der Waals surface area contributed by atoms with Crippen LogP contribution < -0.4 is 0 Å². The van der Waals surface area contributed by atoms with E-state index in [0.29, 0.717) is 0 Å².